The van der Waals surface area contributed by atoms with Gasteiger partial charge in [0.05, 0.1) is 24.7 Å². The van der Waals surface area contributed by atoms with Gasteiger partial charge in [0.15, 0.2) is 0 Å². The highest BCUT2D eigenvalue weighted by molar-refractivity contribution is 6.08. The molecule has 0 saturated carbocycles. The summed E-state index contributed by atoms with van der Waals surface area (Å²) in [7, 11) is 0. The van der Waals surface area contributed by atoms with Crippen LogP contribution in [0.5, 0.6) is 5.75 Å². The molecule has 1 atom stereocenters. The molecule has 0 spiro atoms. The fourth-order valence-corrected chi connectivity index (χ4v) is 3.52. The van der Waals surface area contributed by atoms with E-state index < -0.39 is 17.8 Å². The van der Waals surface area contributed by atoms with Gasteiger partial charge in [-0.3, -0.25) is 4.79 Å². The Morgan fingerprint density at radius 2 is 1.68 bits per heavy atom. The van der Waals surface area contributed by atoms with Crippen molar-refractivity contribution in [3.05, 3.63) is 82.9 Å². The summed E-state index contributed by atoms with van der Waals surface area (Å²) in [6, 6.07) is 16.3. The zero-order chi connectivity index (χ0) is 22.4. The summed E-state index contributed by atoms with van der Waals surface area (Å²) >= 11 is 0. The van der Waals surface area contributed by atoms with Crippen LogP contribution in [0.2, 0.25) is 0 Å². The molecule has 31 heavy (non-hydrogen) atoms. The number of benzene rings is 2. The number of esters is 1. The summed E-state index contributed by atoms with van der Waals surface area (Å²) in [4.78, 5) is 26.2. The third-order valence-electron chi connectivity index (χ3n) is 4.79. The first-order valence-electron chi connectivity index (χ1n) is 10.1. The fourth-order valence-electron chi connectivity index (χ4n) is 3.52. The summed E-state index contributed by atoms with van der Waals surface area (Å²) in [5, 5.41) is 2.87. The lowest BCUT2D eigenvalue weighted by Crippen LogP contribution is -2.31. The van der Waals surface area contributed by atoms with E-state index in [2.05, 4.69) is 5.32 Å². The molecule has 0 fully saturated rings. The number of allylic oxidation sites excluding steroid dienone is 1. The molecule has 0 aliphatic carbocycles. The normalized spacial score (nSPS) is 15.9. The van der Waals surface area contributed by atoms with Crippen LogP contribution in [0.3, 0.4) is 0 Å². The lowest BCUT2D eigenvalue weighted by atomic mass is 9.81. The Kier molecular flexibility index (Phi) is 6.97. The Labute approximate surface area is 181 Å². The molecule has 0 unspecified atom stereocenters. The molecule has 0 aromatic heterocycles. The van der Waals surface area contributed by atoms with Crippen molar-refractivity contribution in [2.45, 2.75) is 26.7 Å². The van der Waals surface area contributed by atoms with Crippen LogP contribution in [-0.2, 0) is 19.1 Å². The smallest absolute Gasteiger partial charge is 0.340 e. The Balaban J connectivity index is 2.14. The number of nitrogens with two attached hydrogens (primary N) is 1. The van der Waals surface area contributed by atoms with Crippen molar-refractivity contribution in [3.63, 3.8) is 0 Å². The second-order valence-corrected chi connectivity index (χ2v) is 6.79. The maximum atomic E-state index is 13.4. The van der Waals surface area contributed by atoms with E-state index in [4.69, 9.17) is 19.9 Å². The fraction of sp³-hybridized carbons (Fsp3) is 0.250. The van der Waals surface area contributed by atoms with E-state index in [1.165, 1.54) is 0 Å². The number of hydrogen-bond acceptors (Lipinski definition) is 6. The number of anilines is 1. The molecule has 162 valence electrons. The number of hydrogen-bond donors (Lipinski definition) is 2. The quantitative estimate of drug-likeness (QED) is 0.658. The number of carbonyl (C=O) groups excluding carboxylic acids is 2. The molecule has 3 rings (SSSR count). The van der Waals surface area contributed by atoms with E-state index >= 15 is 0 Å². The van der Waals surface area contributed by atoms with Crippen molar-refractivity contribution < 1.29 is 23.8 Å². The van der Waals surface area contributed by atoms with Gasteiger partial charge in [-0.15, -0.1) is 0 Å². The van der Waals surface area contributed by atoms with Crippen LogP contribution in [-0.4, -0.2) is 25.1 Å². The summed E-state index contributed by atoms with van der Waals surface area (Å²) in [5.41, 5.74) is 7.68. The average molecular weight is 422 g/mol. The Bertz CT molecular complexity index is 1030. The number of carbonyl (C=O) groups is 2. The molecule has 3 N–H and O–H groups in total. The number of amides is 1. The highest BCUT2D eigenvalue weighted by atomic mass is 16.5. The van der Waals surface area contributed by atoms with Gasteiger partial charge in [-0.1, -0.05) is 36.4 Å². The Morgan fingerprint density at radius 3 is 2.35 bits per heavy atom. The summed E-state index contributed by atoms with van der Waals surface area (Å²) in [5.74, 6) is -1.12. The lowest BCUT2D eigenvalue weighted by molar-refractivity contribution is -0.139. The second-order valence-electron chi connectivity index (χ2n) is 6.79. The molecular weight excluding hydrogens is 396 g/mol. The first-order valence-corrected chi connectivity index (χ1v) is 10.1. The van der Waals surface area contributed by atoms with Gasteiger partial charge in [-0.25, -0.2) is 4.79 Å². The minimum atomic E-state index is -0.820. The number of ether oxygens (including phenoxy) is 3. The Hall–Kier alpha value is -3.74. The van der Waals surface area contributed by atoms with Crippen molar-refractivity contribution in [2.75, 3.05) is 18.5 Å². The van der Waals surface area contributed by atoms with Gasteiger partial charge >= 0.3 is 5.97 Å². The molecule has 1 heterocycles. The first-order chi connectivity index (χ1) is 15.0. The molecule has 0 saturated heterocycles. The minimum absolute atomic E-state index is 0.0674. The standard InChI is InChI=1S/C24H26N2O5/c1-4-29-18-14-10-9-13-17(18)20-19(23(27)26-16-11-7-6-8-12-16)15(3)31-22(25)21(20)24(28)30-5-2/h6-14,20H,4-5,25H2,1-3H3,(H,26,27)/t20-/m1/s1. The van der Waals surface area contributed by atoms with E-state index in [9.17, 15) is 9.59 Å². The summed E-state index contributed by atoms with van der Waals surface area (Å²) in [6.45, 7) is 5.78. The predicted octanol–water partition coefficient (Wildman–Crippen LogP) is 3.85. The van der Waals surface area contributed by atoms with Gasteiger partial charge in [0, 0.05) is 11.3 Å². The average Bonchev–Trinajstić information content (AvgIpc) is 2.74. The minimum Gasteiger partial charge on any atom is -0.494 e. The predicted molar refractivity (Wildman–Crippen MR) is 117 cm³/mol. The largest absolute Gasteiger partial charge is 0.494 e. The third kappa shape index (κ3) is 4.71. The van der Waals surface area contributed by atoms with Gasteiger partial charge in [0.2, 0.25) is 5.88 Å². The maximum Gasteiger partial charge on any atom is 0.340 e. The van der Waals surface area contributed by atoms with Crippen molar-refractivity contribution in [3.8, 4) is 5.75 Å². The van der Waals surface area contributed by atoms with Crippen molar-refractivity contribution in [1.82, 2.24) is 0 Å². The maximum absolute atomic E-state index is 13.4. The van der Waals surface area contributed by atoms with E-state index in [0.29, 0.717) is 29.4 Å². The molecule has 1 aliphatic rings. The van der Waals surface area contributed by atoms with Crippen LogP contribution in [0.15, 0.2) is 77.4 Å². The number of nitrogens with one attached hydrogen (secondary N) is 1. The molecule has 0 radical (unpaired) electrons. The number of para-hydroxylation sites is 2. The molecule has 7 heteroatoms. The SMILES string of the molecule is CCOC(=O)C1=C(N)OC(C)=C(C(=O)Nc2ccccc2)[C@H]1c1ccccc1OCC. The lowest BCUT2D eigenvalue weighted by Gasteiger charge is -2.30. The molecule has 2 aromatic rings. The van der Waals surface area contributed by atoms with Crippen LogP contribution in [0.1, 0.15) is 32.3 Å². The van der Waals surface area contributed by atoms with E-state index in [-0.39, 0.29) is 23.6 Å². The van der Waals surface area contributed by atoms with Crippen molar-refractivity contribution in [1.29, 1.82) is 0 Å². The van der Waals surface area contributed by atoms with Crippen LogP contribution in [0.4, 0.5) is 5.69 Å². The van der Waals surface area contributed by atoms with Gasteiger partial charge in [0.1, 0.15) is 17.1 Å². The number of rotatable bonds is 7. The van der Waals surface area contributed by atoms with Crippen LogP contribution in [0, 0.1) is 0 Å². The first kappa shape index (κ1) is 22.0. The highest BCUT2D eigenvalue weighted by Crippen LogP contribution is 2.43. The van der Waals surface area contributed by atoms with E-state index in [0.717, 1.165) is 0 Å². The van der Waals surface area contributed by atoms with Gasteiger partial charge in [0.25, 0.3) is 5.91 Å². The summed E-state index contributed by atoms with van der Waals surface area (Å²) in [6.07, 6.45) is 0. The van der Waals surface area contributed by atoms with E-state index in [1.807, 2.05) is 37.3 Å². The van der Waals surface area contributed by atoms with Crippen LogP contribution in [0.25, 0.3) is 0 Å². The Morgan fingerprint density at radius 1 is 1.00 bits per heavy atom. The van der Waals surface area contributed by atoms with Crippen LogP contribution < -0.4 is 15.8 Å². The van der Waals surface area contributed by atoms with Crippen molar-refractivity contribution >= 4 is 17.6 Å². The van der Waals surface area contributed by atoms with Gasteiger partial charge in [-0.05, 0) is 39.0 Å². The zero-order valence-electron chi connectivity index (χ0n) is 17.8. The molecule has 7 nitrogen and oxygen atoms in total. The van der Waals surface area contributed by atoms with Crippen molar-refractivity contribution in [2.24, 2.45) is 5.73 Å². The molecule has 1 amide bonds. The third-order valence-corrected chi connectivity index (χ3v) is 4.79. The van der Waals surface area contributed by atoms with E-state index in [1.54, 1.807) is 38.1 Å². The highest BCUT2D eigenvalue weighted by Gasteiger charge is 2.40. The van der Waals surface area contributed by atoms with Gasteiger partial charge in [-0.2, -0.15) is 0 Å². The topological polar surface area (TPSA) is 99.9 Å². The van der Waals surface area contributed by atoms with Gasteiger partial charge < -0.3 is 25.3 Å². The van der Waals surface area contributed by atoms with Crippen LogP contribution >= 0.6 is 0 Å². The molecule has 2 aromatic carbocycles. The zero-order valence-corrected chi connectivity index (χ0v) is 17.8. The molecule has 0 bridgehead atoms. The monoisotopic (exact) mass is 422 g/mol. The molecule has 1 aliphatic heterocycles. The summed E-state index contributed by atoms with van der Waals surface area (Å²) < 4.78 is 16.6. The molecular formula is C24H26N2O5. The second kappa shape index (κ2) is 9.84.